The van der Waals surface area contributed by atoms with Crippen LogP contribution in [0.25, 0.3) is 0 Å². The molecule has 0 radical (unpaired) electrons. The second kappa shape index (κ2) is 6.78. The van der Waals surface area contributed by atoms with E-state index in [1.165, 1.54) is 69.9 Å². The first-order valence-electron chi connectivity index (χ1n) is 7.10. The SMILES string of the molecule is c1c[nH]c(C2CCCCCCCCCC2)c1. The summed E-state index contributed by atoms with van der Waals surface area (Å²) in [6.45, 7) is 0. The Morgan fingerprint density at radius 2 is 1.38 bits per heavy atom. The van der Waals surface area contributed by atoms with Gasteiger partial charge in [-0.25, -0.2) is 0 Å². The summed E-state index contributed by atoms with van der Waals surface area (Å²) in [7, 11) is 0. The van der Waals surface area contributed by atoms with Crippen molar-refractivity contribution in [2.75, 3.05) is 0 Å². The van der Waals surface area contributed by atoms with Gasteiger partial charge in [-0.1, -0.05) is 51.4 Å². The minimum Gasteiger partial charge on any atom is -0.365 e. The summed E-state index contributed by atoms with van der Waals surface area (Å²) in [6.07, 6.45) is 16.4. The van der Waals surface area contributed by atoms with Crippen molar-refractivity contribution in [1.29, 1.82) is 0 Å². The van der Waals surface area contributed by atoms with E-state index in [4.69, 9.17) is 0 Å². The third kappa shape index (κ3) is 3.70. The molecule has 16 heavy (non-hydrogen) atoms. The average molecular weight is 219 g/mol. The zero-order valence-corrected chi connectivity index (χ0v) is 10.4. The fourth-order valence-corrected chi connectivity index (χ4v) is 2.90. The first-order valence-corrected chi connectivity index (χ1v) is 7.10. The smallest absolute Gasteiger partial charge is 0.0178 e. The Balaban J connectivity index is 1.88. The van der Waals surface area contributed by atoms with Crippen LogP contribution >= 0.6 is 0 Å². The second-order valence-corrected chi connectivity index (χ2v) is 5.23. The van der Waals surface area contributed by atoms with Gasteiger partial charge in [0.1, 0.15) is 0 Å². The molecule has 0 amide bonds. The van der Waals surface area contributed by atoms with Crippen molar-refractivity contribution in [2.24, 2.45) is 0 Å². The van der Waals surface area contributed by atoms with Crippen LogP contribution in [0.1, 0.15) is 75.8 Å². The Hall–Kier alpha value is -0.720. The molecule has 1 aromatic heterocycles. The Labute approximate surface area is 99.6 Å². The number of hydrogen-bond donors (Lipinski definition) is 1. The molecule has 2 rings (SSSR count). The molecule has 0 bridgehead atoms. The quantitative estimate of drug-likeness (QED) is 0.683. The summed E-state index contributed by atoms with van der Waals surface area (Å²) in [5, 5.41) is 0. The van der Waals surface area contributed by atoms with Crippen LogP contribution in [0.5, 0.6) is 0 Å². The topological polar surface area (TPSA) is 15.8 Å². The van der Waals surface area contributed by atoms with Crippen molar-refractivity contribution < 1.29 is 0 Å². The maximum atomic E-state index is 3.41. The molecule has 90 valence electrons. The third-order valence-electron chi connectivity index (χ3n) is 3.92. The largest absolute Gasteiger partial charge is 0.365 e. The summed E-state index contributed by atoms with van der Waals surface area (Å²) >= 11 is 0. The Kier molecular flexibility index (Phi) is 4.98. The maximum Gasteiger partial charge on any atom is 0.0178 e. The Morgan fingerprint density at radius 3 is 1.88 bits per heavy atom. The fourth-order valence-electron chi connectivity index (χ4n) is 2.90. The molecule has 1 saturated carbocycles. The number of aromatic amines is 1. The lowest BCUT2D eigenvalue weighted by atomic mass is 9.92. The van der Waals surface area contributed by atoms with Gasteiger partial charge in [-0.15, -0.1) is 0 Å². The first-order chi connectivity index (χ1) is 7.97. The standard InChI is InChI=1S/C15H25N/c1-2-4-6-8-11-14(10-7-5-3-1)15-12-9-13-16-15/h9,12-14,16H,1-8,10-11H2. The second-order valence-electron chi connectivity index (χ2n) is 5.23. The summed E-state index contributed by atoms with van der Waals surface area (Å²) in [5.74, 6) is 0.799. The first kappa shape index (κ1) is 11.8. The lowest BCUT2D eigenvalue weighted by molar-refractivity contribution is 0.507. The van der Waals surface area contributed by atoms with E-state index in [9.17, 15) is 0 Å². The van der Waals surface area contributed by atoms with Crippen LogP contribution in [0.15, 0.2) is 18.3 Å². The van der Waals surface area contributed by atoms with Crippen LogP contribution in [0.2, 0.25) is 0 Å². The number of aromatic nitrogens is 1. The molecule has 0 aliphatic heterocycles. The lowest BCUT2D eigenvalue weighted by Gasteiger charge is -2.15. The average Bonchev–Trinajstić information content (AvgIpc) is 2.79. The molecule has 1 fully saturated rings. The van der Waals surface area contributed by atoms with E-state index in [1.54, 1.807) is 0 Å². The normalized spacial score (nSPS) is 21.5. The zero-order chi connectivity index (χ0) is 11.1. The van der Waals surface area contributed by atoms with Crippen molar-refractivity contribution in [1.82, 2.24) is 4.98 Å². The van der Waals surface area contributed by atoms with Gasteiger partial charge in [0.25, 0.3) is 0 Å². The minimum absolute atomic E-state index is 0.799. The summed E-state index contributed by atoms with van der Waals surface area (Å²) in [6, 6.07) is 4.41. The van der Waals surface area contributed by atoms with Crippen molar-refractivity contribution >= 4 is 0 Å². The van der Waals surface area contributed by atoms with Crippen molar-refractivity contribution in [3.05, 3.63) is 24.0 Å². The summed E-state index contributed by atoms with van der Waals surface area (Å²) < 4.78 is 0. The van der Waals surface area contributed by atoms with Crippen LogP contribution in [-0.2, 0) is 0 Å². The van der Waals surface area contributed by atoms with Crippen molar-refractivity contribution in [3.8, 4) is 0 Å². The van der Waals surface area contributed by atoms with Gasteiger partial charge >= 0.3 is 0 Å². The fraction of sp³-hybridized carbons (Fsp3) is 0.733. The van der Waals surface area contributed by atoms with Gasteiger partial charge in [-0.3, -0.25) is 0 Å². The number of hydrogen-bond acceptors (Lipinski definition) is 0. The predicted octanol–water partition coefficient (Wildman–Crippen LogP) is 5.01. The van der Waals surface area contributed by atoms with Crippen LogP contribution < -0.4 is 0 Å². The monoisotopic (exact) mass is 219 g/mol. The predicted molar refractivity (Wildman–Crippen MR) is 69.7 cm³/mol. The van der Waals surface area contributed by atoms with Crippen molar-refractivity contribution in [2.45, 2.75) is 70.1 Å². The number of H-pyrrole nitrogens is 1. The van der Waals surface area contributed by atoms with Gasteiger partial charge in [0.05, 0.1) is 0 Å². The van der Waals surface area contributed by atoms with Gasteiger partial charge in [0.15, 0.2) is 0 Å². The molecule has 1 heteroatoms. The van der Waals surface area contributed by atoms with E-state index in [-0.39, 0.29) is 0 Å². The molecular formula is C15H25N. The third-order valence-corrected chi connectivity index (χ3v) is 3.92. The van der Waals surface area contributed by atoms with Gasteiger partial charge in [0.2, 0.25) is 0 Å². The molecule has 0 saturated heterocycles. The minimum atomic E-state index is 0.799. The summed E-state index contributed by atoms with van der Waals surface area (Å²) in [4.78, 5) is 3.41. The maximum absolute atomic E-state index is 3.41. The lowest BCUT2D eigenvalue weighted by Crippen LogP contribution is -1.99. The molecule has 0 atom stereocenters. The van der Waals surface area contributed by atoms with E-state index in [0.717, 1.165) is 5.92 Å². The number of nitrogens with one attached hydrogen (secondary N) is 1. The van der Waals surface area contributed by atoms with Gasteiger partial charge in [0, 0.05) is 11.9 Å². The Bertz CT molecular complexity index is 251. The molecule has 1 aromatic rings. The molecule has 0 aromatic carbocycles. The summed E-state index contributed by atoms with van der Waals surface area (Å²) in [5.41, 5.74) is 1.47. The van der Waals surface area contributed by atoms with E-state index in [2.05, 4.69) is 23.3 Å². The highest BCUT2D eigenvalue weighted by Crippen LogP contribution is 2.28. The Morgan fingerprint density at radius 1 is 0.812 bits per heavy atom. The van der Waals surface area contributed by atoms with Gasteiger partial charge in [-0.2, -0.15) is 0 Å². The van der Waals surface area contributed by atoms with Crippen LogP contribution in [-0.4, -0.2) is 4.98 Å². The zero-order valence-electron chi connectivity index (χ0n) is 10.4. The van der Waals surface area contributed by atoms with Gasteiger partial charge < -0.3 is 4.98 Å². The highest BCUT2D eigenvalue weighted by atomic mass is 14.7. The van der Waals surface area contributed by atoms with E-state index in [1.807, 2.05) is 0 Å². The highest BCUT2D eigenvalue weighted by molar-refractivity contribution is 5.09. The van der Waals surface area contributed by atoms with E-state index >= 15 is 0 Å². The molecule has 1 aliphatic rings. The van der Waals surface area contributed by atoms with Crippen LogP contribution in [0.4, 0.5) is 0 Å². The molecule has 1 aliphatic carbocycles. The van der Waals surface area contributed by atoms with E-state index in [0.29, 0.717) is 0 Å². The van der Waals surface area contributed by atoms with Crippen LogP contribution in [0.3, 0.4) is 0 Å². The van der Waals surface area contributed by atoms with Crippen molar-refractivity contribution in [3.63, 3.8) is 0 Å². The molecule has 0 unspecified atom stereocenters. The molecule has 1 heterocycles. The van der Waals surface area contributed by atoms with Crippen LogP contribution in [0, 0.1) is 0 Å². The molecule has 1 nitrogen and oxygen atoms in total. The molecule has 0 spiro atoms. The highest BCUT2D eigenvalue weighted by Gasteiger charge is 2.12. The number of rotatable bonds is 1. The van der Waals surface area contributed by atoms with Gasteiger partial charge in [-0.05, 0) is 30.9 Å². The molecule has 1 N–H and O–H groups in total. The molecular weight excluding hydrogens is 194 g/mol. The van der Waals surface area contributed by atoms with E-state index < -0.39 is 0 Å².